The van der Waals surface area contributed by atoms with Crippen LogP contribution in [0, 0.1) is 0 Å². The maximum absolute atomic E-state index is 5.52. The summed E-state index contributed by atoms with van der Waals surface area (Å²) in [6, 6.07) is 4.14. The van der Waals surface area contributed by atoms with Gasteiger partial charge in [0.15, 0.2) is 0 Å². The Morgan fingerprint density at radius 1 is 1.21 bits per heavy atom. The lowest BCUT2D eigenvalue weighted by Gasteiger charge is -2.27. The third-order valence-corrected chi connectivity index (χ3v) is 2.72. The van der Waals surface area contributed by atoms with Crippen LogP contribution in [0.15, 0.2) is 18.3 Å². The van der Waals surface area contributed by atoms with E-state index in [2.05, 4.69) is 22.0 Å². The van der Waals surface area contributed by atoms with Gasteiger partial charge in [-0.1, -0.05) is 6.07 Å². The summed E-state index contributed by atoms with van der Waals surface area (Å²) in [5.41, 5.74) is 6.63. The normalized spacial score (nSPS) is 17.1. The highest BCUT2D eigenvalue weighted by molar-refractivity contribution is 5.39. The minimum atomic E-state index is 0.577. The number of piperidine rings is 1. The highest BCUT2D eigenvalue weighted by Gasteiger charge is 2.11. The molecular weight excluding hydrogens is 174 g/mol. The van der Waals surface area contributed by atoms with Crippen LogP contribution in [0.2, 0.25) is 0 Å². The fraction of sp³-hybridized carbons (Fsp3) is 0.545. The first-order valence-corrected chi connectivity index (χ1v) is 5.30. The molecule has 3 nitrogen and oxygen atoms in total. The summed E-state index contributed by atoms with van der Waals surface area (Å²) in [6.45, 7) is 2.87. The Morgan fingerprint density at radius 2 is 2.00 bits per heavy atom. The first-order valence-electron chi connectivity index (χ1n) is 5.30. The summed E-state index contributed by atoms with van der Waals surface area (Å²) < 4.78 is 0. The first kappa shape index (κ1) is 9.46. The van der Waals surface area contributed by atoms with Crippen molar-refractivity contribution in [3.63, 3.8) is 0 Å². The third-order valence-electron chi connectivity index (χ3n) is 2.72. The van der Waals surface area contributed by atoms with Crippen molar-refractivity contribution in [1.82, 2.24) is 4.98 Å². The molecule has 0 unspecified atom stereocenters. The van der Waals surface area contributed by atoms with Gasteiger partial charge in [-0.3, -0.25) is 0 Å². The van der Waals surface area contributed by atoms with Crippen LogP contribution >= 0.6 is 0 Å². The number of hydrogen-bond donors (Lipinski definition) is 1. The van der Waals surface area contributed by atoms with Crippen LogP contribution in [-0.4, -0.2) is 18.1 Å². The lowest BCUT2D eigenvalue weighted by atomic mass is 10.1. The zero-order valence-corrected chi connectivity index (χ0v) is 8.45. The van der Waals surface area contributed by atoms with Crippen LogP contribution < -0.4 is 10.6 Å². The summed E-state index contributed by atoms with van der Waals surface area (Å²) in [4.78, 5) is 6.77. The Bertz CT molecular complexity index is 275. The molecule has 0 spiro atoms. The van der Waals surface area contributed by atoms with Crippen molar-refractivity contribution < 1.29 is 0 Å². The van der Waals surface area contributed by atoms with Gasteiger partial charge in [-0.05, 0) is 30.9 Å². The summed E-state index contributed by atoms with van der Waals surface area (Å²) in [5, 5.41) is 0. The Balaban J connectivity index is 2.07. The number of nitrogens with zero attached hydrogens (tertiary/aromatic N) is 2. The van der Waals surface area contributed by atoms with E-state index in [-0.39, 0.29) is 0 Å². The van der Waals surface area contributed by atoms with Crippen LogP contribution in [0.25, 0.3) is 0 Å². The average Bonchev–Trinajstić information content (AvgIpc) is 2.30. The van der Waals surface area contributed by atoms with E-state index in [1.54, 1.807) is 0 Å². The first-order chi connectivity index (χ1) is 6.90. The topological polar surface area (TPSA) is 42.1 Å². The molecule has 0 atom stereocenters. The van der Waals surface area contributed by atoms with E-state index >= 15 is 0 Å². The molecule has 3 heteroatoms. The van der Waals surface area contributed by atoms with Gasteiger partial charge in [-0.2, -0.15) is 0 Å². The second-order valence-electron chi connectivity index (χ2n) is 3.78. The van der Waals surface area contributed by atoms with Gasteiger partial charge < -0.3 is 10.6 Å². The van der Waals surface area contributed by atoms with Crippen LogP contribution in [0.3, 0.4) is 0 Å². The van der Waals surface area contributed by atoms with E-state index in [0.717, 1.165) is 24.5 Å². The molecule has 1 aliphatic heterocycles. The van der Waals surface area contributed by atoms with Crippen LogP contribution in [-0.2, 0) is 6.54 Å². The Morgan fingerprint density at radius 3 is 2.57 bits per heavy atom. The minimum absolute atomic E-state index is 0.577. The average molecular weight is 191 g/mol. The Hall–Kier alpha value is -1.09. The molecule has 0 saturated carbocycles. The van der Waals surface area contributed by atoms with E-state index in [0.29, 0.717) is 6.54 Å². The van der Waals surface area contributed by atoms with E-state index in [1.807, 2.05) is 6.20 Å². The number of hydrogen-bond acceptors (Lipinski definition) is 3. The lowest BCUT2D eigenvalue weighted by Crippen LogP contribution is -2.30. The number of pyridine rings is 1. The zero-order valence-electron chi connectivity index (χ0n) is 8.45. The van der Waals surface area contributed by atoms with Gasteiger partial charge in [0.05, 0.1) is 0 Å². The van der Waals surface area contributed by atoms with Gasteiger partial charge in [0.25, 0.3) is 0 Å². The molecule has 1 saturated heterocycles. The largest absolute Gasteiger partial charge is 0.357 e. The molecule has 0 bridgehead atoms. The molecule has 76 valence electrons. The van der Waals surface area contributed by atoms with Crippen molar-refractivity contribution in [2.45, 2.75) is 25.8 Å². The Labute approximate surface area is 84.9 Å². The maximum atomic E-state index is 5.52. The third kappa shape index (κ3) is 2.04. The zero-order chi connectivity index (χ0) is 9.80. The van der Waals surface area contributed by atoms with Gasteiger partial charge in [0.1, 0.15) is 5.82 Å². The van der Waals surface area contributed by atoms with Crippen LogP contribution in [0.5, 0.6) is 0 Å². The number of anilines is 1. The molecule has 2 heterocycles. The SMILES string of the molecule is NCc1ccc(N2CCCCC2)nc1. The van der Waals surface area contributed by atoms with Gasteiger partial charge >= 0.3 is 0 Å². The number of rotatable bonds is 2. The molecule has 0 aliphatic carbocycles. The van der Waals surface area contributed by atoms with Gasteiger partial charge in [0, 0.05) is 25.8 Å². The van der Waals surface area contributed by atoms with E-state index in [9.17, 15) is 0 Å². The molecule has 1 fully saturated rings. The van der Waals surface area contributed by atoms with Crippen molar-refractivity contribution in [2.24, 2.45) is 5.73 Å². The maximum Gasteiger partial charge on any atom is 0.128 e. The van der Waals surface area contributed by atoms with Crippen molar-refractivity contribution in [1.29, 1.82) is 0 Å². The molecule has 1 aromatic heterocycles. The smallest absolute Gasteiger partial charge is 0.128 e. The van der Waals surface area contributed by atoms with Crippen LogP contribution in [0.4, 0.5) is 5.82 Å². The fourth-order valence-corrected chi connectivity index (χ4v) is 1.85. The summed E-state index contributed by atoms with van der Waals surface area (Å²) in [7, 11) is 0. The molecule has 14 heavy (non-hydrogen) atoms. The molecule has 0 amide bonds. The van der Waals surface area contributed by atoms with E-state index < -0.39 is 0 Å². The van der Waals surface area contributed by atoms with Crippen molar-refractivity contribution in [2.75, 3.05) is 18.0 Å². The standard InChI is InChI=1S/C11H17N3/c12-8-10-4-5-11(13-9-10)14-6-2-1-3-7-14/h4-5,9H,1-3,6-8,12H2. The van der Waals surface area contributed by atoms with Gasteiger partial charge in [-0.15, -0.1) is 0 Å². The molecule has 1 aromatic rings. The molecule has 0 radical (unpaired) electrons. The summed E-state index contributed by atoms with van der Waals surface area (Å²) in [5.74, 6) is 1.10. The van der Waals surface area contributed by atoms with E-state index in [4.69, 9.17) is 5.73 Å². The molecule has 0 aromatic carbocycles. The summed E-state index contributed by atoms with van der Waals surface area (Å²) >= 11 is 0. The lowest BCUT2D eigenvalue weighted by molar-refractivity contribution is 0.573. The Kier molecular flexibility index (Phi) is 2.99. The van der Waals surface area contributed by atoms with Crippen LogP contribution in [0.1, 0.15) is 24.8 Å². The van der Waals surface area contributed by atoms with Crippen molar-refractivity contribution in [3.8, 4) is 0 Å². The molecule has 1 aliphatic rings. The van der Waals surface area contributed by atoms with Crippen molar-refractivity contribution >= 4 is 5.82 Å². The highest BCUT2D eigenvalue weighted by Crippen LogP contribution is 2.17. The summed E-state index contributed by atoms with van der Waals surface area (Å²) in [6.07, 6.45) is 5.82. The predicted octanol–water partition coefficient (Wildman–Crippen LogP) is 1.53. The number of nitrogens with two attached hydrogens (primary N) is 1. The number of aromatic nitrogens is 1. The van der Waals surface area contributed by atoms with Gasteiger partial charge in [-0.25, -0.2) is 4.98 Å². The predicted molar refractivity (Wildman–Crippen MR) is 58.2 cm³/mol. The fourth-order valence-electron chi connectivity index (χ4n) is 1.85. The minimum Gasteiger partial charge on any atom is -0.357 e. The molecule has 2 N–H and O–H groups in total. The second-order valence-corrected chi connectivity index (χ2v) is 3.78. The monoisotopic (exact) mass is 191 g/mol. The van der Waals surface area contributed by atoms with Gasteiger partial charge in [0.2, 0.25) is 0 Å². The van der Waals surface area contributed by atoms with Crippen molar-refractivity contribution in [3.05, 3.63) is 23.9 Å². The molecular formula is C11H17N3. The second kappa shape index (κ2) is 4.42. The highest BCUT2D eigenvalue weighted by atomic mass is 15.2. The van der Waals surface area contributed by atoms with E-state index in [1.165, 1.54) is 19.3 Å². The molecule has 2 rings (SSSR count). The quantitative estimate of drug-likeness (QED) is 0.771.